The highest BCUT2D eigenvalue weighted by molar-refractivity contribution is 7.12. The van der Waals surface area contributed by atoms with E-state index in [1.165, 1.54) is 15.3 Å². The van der Waals surface area contributed by atoms with Crippen LogP contribution in [0.25, 0.3) is 0 Å². The van der Waals surface area contributed by atoms with Crippen LogP contribution in [0.2, 0.25) is 0 Å². The van der Waals surface area contributed by atoms with Gasteiger partial charge in [0.25, 0.3) is 0 Å². The minimum absolute atomic E-state index is 0.0648. The van der Waals surface area contributed by atoms with E-state index in [1.54, 1.807) is 7.11 Å². The van der Waals surface area contributed by atoms with Crippen LogP contribution >= 0.6 is 11.3 Å². The van der Waals surface area contributed by atoms with Crippen molar-refractivity contribution >= 4 is 17.2 Å². The van der Waals surface area contributed by atoms with Gasteiger partial charge in [-0.15, -0.1) is 11.3 Å². The predicted molar refractivity (Wildman–Crippen MR) is 79.7 cm³/mol. The molecule has 0 radical (unpaired) electrons. The van der Waals surface area contributed by atoms with Gasteiger partial charge in [0.05, 0.1) is 6.61 Å². The van der Waals surface area contributed by atoms with E-state index in [0.29, 0.717) is 26.1 Å². The third-order valence-electron chi connectivity index (χ3n) is 2.98. The molecule has 4 nitrogen and oxygen atoms in total. The molecule has 19 heavy (non-hydrogen) atoms. The first-order chi connectivity index (χ1) is 9.04. The summed E-state index contributed by atoms with van der Waals surface area (Å²) < 4.78 is 4.88. The zero-order chi connectivity index (χ0) is 14.3. The summed E-state index contributed by atoms with van der Waals surface area (Å²) in [4.78, 5) is 14.2. The normalized spacial score (nSPS) is 12.4. The van der Waals surface area contributed by atoms with Gasteiger partial charge in [-0.05, 0) is 32.4 Å². The summed E-state index contributed by atoms with van der Waals surface area (Å²) in [6.45, 7) is 8.22. The smallest absolute Gasteiger partial charge is 0.221 e. The summed E-state index contributed by atoms with van der Waals surface area (Å²) in [5, 5.41) is 6.20. The van der Waals surface area contributed by atoms with Crippen LogP contribution in [0, 0.1) is 13.8 Å². The highest BCUT2D eigenvalue weighted by atomic mass is 32.1. The third-order valence-corrected chi connectivity index (χ3v) is 3.96. The van der Waals surface area contributed by atoms with Crippen molar-refractivity contribution in [3.8, 4) is 0 Å². The number of methoxy groups -OCH3 is 1. The Bertz CT molecular complexity index is 404. The van der Waals surface area contributed by atoms with Crippen LogP contribution in [-0.4, -0.2) is 32.7 Å². The highest BCUT2D eigenvalue weighted by Gasteiger charge is 2.11. The Morgan fingerprint density at radius 2 is 2.16 bits per heavy atom. The lowest BCUT2D eigenvalue weighted by Gasteiger charge is -2.13. The zero-order valence-corrected chi connectivity index (χ0v) is 13.0. The summed E-state index contributed by atoms with van der Waals surface area (Å²) in [5.74, 6) is 0.0648. The van der Waals surface area contributed by atoms with E-state index in [4.69, 9.17) is 4.74 Å². The number of thiophene rings is 1. The first-order valence-corrected chi connectivity index (χ1v) is 7.42. The average Bonchev–Trinajstić information content (AvgIpc) is 2.69. The summed E-state index contributed by atoms with van der Waals surface area (Å²) in [5.41, 5.74) is 1.34. The van der Waals surface area contributed by atoms with Crippen molar-refractivity contribution in [2.45, 2.75) is 33.2 Å². The molecule has 1 atom stereocenters. The molecule has 0 fully saturated rings. The van der Waals surface area contributed by atoms with Gasteiger partial charge < -0.3 is 15.4 Å². The molecule has 1 unspecified atom stereocenters. The van der Waals surface area contributed by atoms with Crippen molar-refractivity contribution in [2.75, 3.05) is 26.8 Å². The predicted octanol–water partition coefficient (Wildman–Crippen LogP) is 2.17. The fraction of sp³-hybridized carbons (Fsp3) is 0.643. The summed E-state index contributed by atoms with van der Waals surface area (Å²) in [6.07, 6.45) is 0.496. The summed E-state index contributed by atoms with van der Waals surface area (Å²) in [7, 11) is 1.63. The Kier molecular flexibility index (Phi) is 7.05. The van der Waals surface area contributed by atoms with Gasteiger partial charge in [0, 0.05) is 42.4 Å². The molecule has 0 bridgehead atoms. The van der Waals surface area contributed by atoms with E-state index in [0.717, 1.165) is 0 Å². The van der Waals surface area contributed by atoms with Gasteiger partial charge in [0.2, 0.25) is 5.91 Å². The molecule has 0 aliphatic carbocycles. The quantitative estimate of drug-likeness (QED) is 0.719. The molecule has 108 valence electrons. The van der Waals surface area contributed by atoms with Crippen molar-refractivity contribution in [3.05, 3.63) is 21.4 Å². The van der Waals surface area contributed by atoms with Crippen molar-refractivity contribution in [2.24, 2.45) is 0 Å². The number of nitrogens with one attached hydrogen (secondary N) is 2. The minimum Gasteiger partial charge on any atom is -0.383 e. The molecule has 1 aromatic heterocycles. The number of hydrogen-bond acceptors (Lipinski definition) is 4. The molecule has 1 heterocycles. The second kappa shape index (κ2) is 8.30. The molecule has 5 heteroatoms. The van der Waals surface area contributed by atoms with Crippen LogP contribution in [0.4, 0.5) is 0 Å². The first-order valence-electron chi connectivity index (χ1n) is 6.60. The van der Waals surface area contributed by atoms with Crippen LogP contribution in [0.15, 0.2) is 6.07 Å². The van der Waals surface area contributed by atoms with Crippen LogP contribution in [0.3, 0.4) is 0 Å². The van der Waals surface area contributed by atoms with Crippen molar-refractivity contribution < 1.29 is 9.53 Å². The number of hydrogen-bond donors (Lipinski definition) is 2. The lowest BCUT2D eigenvalue weighted by molar-refractivity contribution is -0.121. The number of ether oxygens (including phenoxy) is 1. The third kappa shape index (κ3) is 5.72. The van der Waals surface area contributed by atoms with Crippen molar-refractivity contribution in [1.29, 1.82) is 0 Å². The van der Waals surface area contributed by atoms with Gasteiger partial charge >= 0.3 is 0 Å². The maximum absolute atomic E-state index is 11.5. The van der Waals surface area contributed by atoms with E-state index in [2.05, 4.69) is 37.5 Å². The molecule has 2 N–H and O–H groups in total. The Morgan fingerprint density at radius 1 is 1.42 bits per heavy atom. The lowest BCUT2D eigenvalue weighted by Crippen LogP contribution is -2.30. The lowest BCUT2D eigenvalue weighted by atomic mass is 10.1. The fourth-order valence-electron chi connectivity index (χ4n) is 1.97. The van der Waals surface area contributed by atoms with E-state index in [9.17, 15) is 4.79 Å². The van der Waals surface area contributed by atoms with Gasteiger partial charge in [0.15, 0.2) is 0 Å². The molecule has 1 amide bonds. The maximum atomic E-state index is 11.5. The number of amides is 1. The second-order valence-electron chi connectivity index (χ2n) is 4.64. The van der Waals surface area contributed by atoms with Gasteiger partial charge in [-0.3, -0.25) is 4.79 Å². The summed E-state index contributed by atoms with van der Waals surface area (Å²) >= 11 is 1.82. The zero-order valence-electron chi connectivity index (χ0n) is 12.2. The van der Waals surface area contributed by atoms with Crippen molar-refractivity contribution in [3.63, 3.8) is 0 Å². The van der Waals surface area contributed by atoms with Crippen molar-refractivity contribution in [1.82, 2.24) is 10.6 Å². The second-order valence-corrected chi connectivity index (χ2v) is 6.10. The Labute approximate surface area is 119 Å². The molecular formula is C14H24N2O2S. The summed E-state index contributed by atoms with van der Waals surface area (Å²) in [6, 6.07) is 2.51. The molecule has 1 aromatic rings. The topological polar surface area (TPSA) is 50.4 Å². The molecule has 0 aliphatic heterocycles. The molecule has 0 saturated heterocycles. The van der Waals surface area contributed by atoms with Crippen LogP contribution in [0.5, 0.6) is 0 Å². The van der Waals surface area contributed by atoms with Crippen LogP contribution in [0.1, 0.15) is 34.7 Å². The molecule has 0 aliphatic rings. The van der Waals surface area contributed by atoms with E-state index < -0.39 is 0 Å². The van der Waals surface area contributed by atoms with E-state index >= 15 is 0 Å². The monoisotopic (exact) mass is 284 g/mol. The Morgan fingerprint density at radius 3 is 2.74 bits per heavy atom. The maximum Gasteiger partial charge on any atom is 0.221 e. The highest BCUT2D eigenvalue weighted by Crippen LogP contribution is 2.25. The number of rotatable bonds is 8. The van der Waals surface area contributed by atoms with Gasteiger partial charge in [0.1, 0.15) is 0 Å². The van der Waals surface area contributed by atoms with Crippen LogP contribution < -0.4 is 10.6 Å². The molecule has 0 saturated carbocycles. The first kappa shape index (κ1) is 16.1. The molecule has 1 rings (SSSR count). The number of carbonyl (C=O) groups excluding carboxylic acids is 1. The fourth-order valence-corrected chi connectivity index (χ4v) is 3.00. The molecular weight excluding hydrogens is 260 g/mol. The van der Waals surface area contributed by atoms with Gasteiger partial charge in [-0.2, -0.15) is 0 Å². The average molecular weight is 284 g/mol. The number of aryl methyl sites for hydroxylation is 2. The van der Waals surface area contributed by atoms with Crippen LogP contribution in [-0.2, 0) is 9.53 Å². The van der Waals surface area contributed by atoms with Gasteiger partial charge in [-0.1, -0.05) is 0 Å². The van der Waals surface area contributed by atoms with E-state index in [-0.39, 0.29) is 11.9 Å². The number of carbonyl (C=O) groups is 1. The largest absolute Gasteiger partial charge is 0.383 e. The Hall–Kier alpha value is -0.910. The van der Waals surface area contributed by atoms with E-state index in [1.807, 2.05) is 11.3 Å². The molecule has 0 spiro atoms. The molecule has 0 aromatic carbocycles. The minimum atomic E-state index is 0.0648. The Balaban J connectivity index is 2.25. The standard InChI is InChI=1S/C14H24N2O2S/c1-10-9-13(12(3)19-10)11(2)15-6-5-14(17)16-7-8-18-4/h9,11,15H,5-8H2,1-4H3,(H,16,17). The SMILES string of the molecule is COCCNC(=O)CCNC(C)c1cc(C)sc1C. The van der Waals surface area contributed by atoms with Gasteiger partial charge in [-0.25, -0.2) is 0 Å².